The Morgan fingerprint density at radius 1 is 1.25 bits per heavy atom. The molecule has 4 nitrogen and oxygen atoms in total. The Bertz CT molecular complexity index is 811. The van der Waals surface area contributed by atoms with Crippen LogP contribution in [0.5, 0.6) is 0 Å². The second-order valence-electron chi connectivity index (χ2n) is 9.97. The van der Waals surface area contributed by atoms with Gasteiger partial charge in [0, 0.05) is 23.8 Å². The monoisotopic (exact) mass is 404 g/mol. The molecule has 0 heterocycles. The summed E-state index contributed by atoms with van der Waals surface area (Å²) in [5.41, 5.74) is 0.698. The molecule has 0 aromatic rings. The summed E-state index contributed by atoms with van der Waals surface area (Å²) >= 11 is 6.70. The van der Waals surface area contributed by atoms with Crippen molar-refractivity contribution < 1.29 is 19.5 Å². The van der Waals surface area contributed by atoms with Gasteiger partial charge in [0.05, 0.1) is 0 Å². The van der Waals surface area contributed by atoms with Crippen molar-refractivity contribution in [3.05, 3.63) is 22.8 Å². The number of ketones is 2. The van der Waals surface area contributed by atoms with Gasteiger partial charge in [-0.15, -0.1) is 0 Å². The van der Waals surface area contributed by atoms with Gasteiger partial charge < -0.3 is 5.11 Å². The second kappa shape index (κ2) is 6.55. The number of allylic oxidation sites excluding steroid dienone is 4. The van der Waals surface area contributed by atoms with Gasteiger partial charge in [0.15, 0.2) is 5.78 Å². The normalized spacial score (nSPS) is 44.7. The van der Waals surface area contributed by atoms with Crippen LogP contribution in [0.2, 0.25) is 0 Å². The summed E-state index contributed by atoms with van der Waals surface area (Å²) in [6.45, 7) is 6.06. The summed E-state index contributed by atoms with van der Waals surface area (Å²) in [4.78, 5) is 36.0. The fourth-order valence-electron chi connectivity index (χ4n) is 7.48. The highest BCUT2D eigenvalue weighted by atomic mass is 35.5. The largest absolute Gasteiger partial charge is 0.481 e. The first-order valence-corrected chi connectivity index (χ1v) is 10.8. The van der Waals surface area contributed by atoms with E-state index < -0.39 is 5.97 Å². The van der Waals surface area contributed by atoms with Crippen molar-refractivity contribution in [3.63, 3.8) is 0 Å². The molecule has 0 spiro atoms. The number of carbonyl (C=O) groups excluding carboxylic acids is 2. The Labute approximate surface area is 171 Å². The number of fused-ring (bicyclic) bond motifs is 5. The minimum Gasteiger partial charge on any atom is -0.481 e. The molecule has 0 radical (unpaired) electrons. The van der Waals surface area contributed by atoms with E-state index in [1.807, 2.05) is 0 Å². The topological polar surface area (TPSA) is 71.4 Å². The number of rotatable bonds is 3. The standard InChI is InChI=1S/C23H29ClO4/c1-12(25)21-13(9-20(27)28)8-17-15-11-19(24)18-10-14(26)4-6-22(18,2)16(15)5-7-23(17,21)3/h10-11,13,15-17,21H,4-9H2,1-3H3,(H,27,28)/t13?,15-,16+,17+,21?,22-,23+/m1/s1. The van der Waals surface area contributed by atoms with E-state index in [9.17, 15) is 19.5 Å². The molecular formula is C23H29ClO4. The molecule has 4 aliphatic rings. The van der Waals surface area contributed by atoms with Gasteiger partial charge in [-0.2, -0.15) is 0 Å². The highest BCUT2D eigenvalue weighted by Crippen LogP contribution is 2.67. The van der Waals surface area contributed by atoms with Crippen LogP contribution >= 0.6 is 11.6 Å². The van der Waals surface area contributed by atoms with E-state index in [1.54, 1.807) is 13.0 Å². The van der Waals surface area contributed by atoms with Gasteiger partial charge in [-0.1, -0.05) is 31.5 Å². The van der Waals surface area contributed by atoms with E-state index in [4.69, 9.17) is 11.6 Å². The quantitative estimate of drug-likeness (QED) is 0.735. The number of hydrogen-bond donors (Lipinski definition) is 1. The molecular weight excluding hydrogens is 376 g/mol. The SMILES string of the molecule is CC(=O)C1C(CC(=O)O)C[C@H]2[C@@H]3C=C(Cl)C4=CC(=O)CC[C@]4(C)[C@H]3CC[C@]12C. The molecule has 0 amide bonds. The van der Waals surface area contributed by atoms with Crippen LogP contribution in [0.15, 0.2) is 22.8 Å². The van der Waals surface area contributed by atoms with Crippen molar-refractivity contribution in [1.29, 1.82) is 0 Å². The van der Waals surface area contributed by atoms with Crippen molar-refractivity contribution in [2.75, 3.05) is 0 Å². The molecule has 152 valence electrons. The number of carboxylic acid groups (broad SMARTS) is 1. The fourth-order valence-corrected chi connectivity index (χ4v) is 7.89. The molecule has 2 unspecified atom stereocenters. The zero-order valence-corrected chi connectivity index (χ0v) is 17.6. The molecule has 0 aromatic heterocycles. The molecule has 0 aliphatic heterocycles. The Morgan fingerprint density at radius 2 is 1.96 bits per heavy atom. The van der Waals surface area contributed by atoms with E-state index in [0.29, 0.717) is 17.4 Å². The molecule has 4 rings (SSSR count). The third-order valence-electron chi connectivity index (χ3n) is 8.61. The molecule has 0 saturated heterocycles. The van der Waals surface area contributed by atoms with Crippen molar-refractivity contribution in [1.82, 2.24) is 0 Å². The highest BCUT2D eigenvalue weighted by molar-refractivity contribution is 6.32. The van der Waals surface area contributed by atoms with Crippen LogP contribution in [-0.4, -0.2) is 22.6 Å². The molecule has 7 atom stereocenters. The number of Topliss-reactive ketones (excluding diaryl/α,β-unsaturated/α-hetero) is 1. The Balaban J connectivity index is 1.77. The molecule has 2 saturated carbocycles. The Kier molecular flexibility index (Phi) is 4.65. The van der Waals surface area contributed by atoms with Gasteiger partial charge in [0.25, 0.3) is 0 Å². The summed E-state index contributed by atoms with van der Waals surface area (Å²) in [5, 5.41) is 10.1. The zero-order valence-electron chi connectivity index (χ0n) is 16.8. The predicted molar refractivity (Wildman–Crippen MR) is 107 cm³/mol. The molecule has 1 N–H and O–H groups in total. The van der Waals surface area contributed by atoms with Crippen molar-refractivity contribution in [2.45, 2.75) is 59.3 Å². The van der Waals surface area contributed by atoms with Gasteiger partial charge >= 0.3 is 5.97 Å². The highest BCUT2D eigenvalue weighted by Gasteiger charge is 2.62. The average Bonchev–Trinajstić information content (AvgIpc) is 2.88. The molecule has 28 heavy (non-hydrogen) atoms. The van der Waals surface area contributed by atoms with Crippen LogP contribution in [0.1, 0.15) is 59.3 Å². The Morgan fingerprint density at radius 3 is 2.61 bits per heavy atom. The minimum atomic E-state index is -0.824. The fraction of sp³-hybridized carbons (Fsp3) is 0.696. The van der Waals surface area contributed by atoms with Gasteiger partial charge in [0.1, 0.15) is 5.78 Å². The van der Waals surface area contributed by atoms with Crippen molar-refractivity contribution in [2.24, 2.45) is 40.4 Å². The van der Waals surface area contributed by atoms with E-state index in [0.717, 1.165) is 31.3 Å². The number of carbonyl (C=O) groups is 3. The van der Waals surface area contributed by atoms with Crippen molar-refractivity contribution in [3.8, 4) is 0 Å². The number of halogens is 1. The first-order chi connectivity index (χ1) is 13.1. The van der Waals surface area contributed by atoms with Gasteiger partial charge in [-0.25, -0.2) is 0 Å². The van der Waals surface area contributed by atoms with Gasteiger partial charge in [-0.05, 0) is 78.8 Å². The number of aliphatic carboxylic acids is 1. The van der Waals surface area contributed by atoms with E-state index in [-0.39, 0.29) is 52.5 Å². The molecule has 2 fully saturated rings. The van der Waals surface area contributed by atoms with E-state index in [1.165, 1.54) is 0 Å². The lowest BCUT2D eigenvalue weighted by Gasteiger charge is -2.56. The summed E-state index contributed by atoms with van der Waals surface area (Å²) in [5.74, 6) is 0.0381. The van der Waals surface area contributed by atoms with Crippen LogP contribution < -0.4 is 0 Å². The van der Waals surface area contributed by atoms with Crippen LogP contribution in [0.3, 0.4) is 0 Å². The first kappa shape index (κ1) is 19.9. The maximum atomic E-state index is 12.6. The number of carboxylic acids is 1. The lowest BCUT2D eigenvalue weighted by atomic mass is 9.48. The van der Waals surface area contributed by atoms with Crippen LogP contribution in [-0.2, 0) is 14.4 Å². The van der Waals surface area contributed by atoms with E-state index in [2.05, 4.69) is 19.9 Å². The van der Waals surface area contributed by atoms with Gasteiger partial charge in [-0.3, -0.25) is 14.4 Å². The number of hydrogen-bond acceptors (Lipinski definition) is 3. The van der Waals surface area contributed by atoms with Crippen molar-refractivity contribution >= 4 is 29.1 Å². The lowest BCUT2D eigenvalue weighted by Crippen LogP contribution is -2.50. The first-order valence-electron chi connectivity index (χ1n) is 10.4. The molecule has 4 aliphatic carbocycles. The predicted octanol–water partition coefficient (Wildman–Crippen LogP) is 4.77. The summed E-state index contributed by atoms with van der Waals surface area (Å²) < 4.78 is 0. The van der Waals surface area contributed by atoms with Crippen LogP contribution in [0, 0.1) is 40.4 Å². The lowest BCUT2D eigenvalue weighted by molar-refractivity contribution is -0.139. The molecule has 5 heteroatoms. The third kappa shape index (κ3) is 2.74. The van der Waals surface area contributed by atoms with Crippen LogP contribution in [0.4, 0.5) is 0 Å². The van der Waals surface area contributed by atoms with E-state index >= 15 is 0 Å². The summed E-state index contributed by atoms with van der Waals surface area (Å²) in [7, 11) is 0. The molecule has 0 aromatic carbocycles. The average molecular weight is 405 g/mol. The summed E-state index contributed by atoms with van der Waals surface area (Å²) in [6, 6.07) is 0. The maximum absolute atomic E-state index is 12.6. The molecule has 0 bridgehead atoms. The second-order valence-corrected chi connectivity index (χ2v) is 10.4. The minimum absolute atomic E-state index is 0.0576. The smallest absolute Gasteiger partial charge is 0.303 e. The Hall–Kier alpha value is -1.42. The maximum Gasteiger partial charge on any atom is 0.303 e. The van der Waals surface area contributed by atoms with Crippen LogP contribution in [0.25, 0.3) is 0 Å². The van der Waals surface area contributed by atoms with Gasteiger partial charge in [0.2, 0.25) is 0 Å². The summed E-state index contributed by atoms with van der Waals surface area (Å²) in [6.07, 6.45) is 8.00. The zero-order chi connectivity index (χ0) is 20.4. The third-order valence-corrected chi connectivity index (χ3v) is 8.94.